The molecule has 0 unspecified atom stereocenters. The van der Waals surface area contributed by atoms with Gasteiger partial charge in [0.1, 0.15) is 11.5 Å². The number of hydrogen-bond acceptors (Lipinski definition) is 5. The number of likely N-dealkylation sites (tertiary alicyclic amines) is 1. The van der Waals surface area contributed by atoms with Crippen molar-refractivity contribution in [2.75, 3.05) is 18.6 Å². The first-order valence-electron chi connectivity index (χ1n) is 10.6. The second kappa shape index (κ2) is 5.72. The molecule has 0 aromatic heterocycles. The average molecular weight is 408 g/mol. The highest BCUT2D eigenvalue weighted by atomic mass is 16.6. The Labute approximate surface area is 174 Å². The summed E-state index contributed by atoms with van der Waals surface area (Å²) in [5.74, 6) is -1.65. The van der Waals surface area contributed by atoms with E-state index >= 15 is 0 Å². The quantitative estimate of drug-likeness (QED) is 0.553. The summed E-state index contributed by atoms with van der Waals surface area (Å²) >= 11 is 0. The van der Waals surface area contributed by atoms with Crippen LogP contribution in [0.5, 0.6) is 0 Å². The molecule has 6 rings (SSSR count). The summed E-state index contributed by atoms with van der Waals surface area (Å²) in [6.45, 7) is 2.59. The van der Waals surface area contributed by atoms with Gasteiger partial charge < -0.3 is 19.3 Å². The molecule has 6 atom stereocenters. The van der Waals surface area contributed by atoms with Gasteiger partial charge in [0.05, 0.1) is 30.7 Å². The summed E-state index contributed by atoms with van der Waals surface area (Å²) in [6.07, 6.45) is 5.92. The van der Waals surface area contributed by atoms with Crippen LogP contribution in [0.4, 0.5) is 5.69 Å². The van der Waals surface area contributed by atoms with Crippen molar-refractivity contribution in [3.8, 4) is 0 Å². The maximum Gasteiger partial charge on any atom is 0.312 e. The summed E-state index contributed by atoms with van der Waals surface area (Å²) in [4.78, 5) is 42.8. The van der Waals surface area contributed by atoms with Crippen LogP contribution in [0.25, 0.3) is 0 Å². The normalized spacial score (nSPS) is 40.6. The third-order valence-corrected chi connectivity index (χ3v) is 7.79. The number of benzene rings is 1. The summed E-state index contributed by atoms with van der Waals surface area (Å²) in [7, 11) is 1.35. The van der Waals surface area contributed by atoms with Crippen molar-refractivity contribution in [3.05, 3.63) is 42.0 Å². The number of esters is 1. The lowest BCUT2D eigenvalue weighted by molar-refractivity contribution is -0.152. The summed E-state index contributed by atoms with van der Waals surface area (Å²) in [5, 5.41) is 0. The lowest BCUT2D eigenvalue weighted by Gasteiger charge is -2.44. The topological polar surface area (TPSA) is 76.2 Å². The number of amides is 2. The molecule has 0 N–H and O–H groups in total. The lowest BCUT2D eigenvalue weighted by Crippen LogP contribution is -2.51. The predicted octanol–water partition coefficient (Wildman–Crippen LogP) is 1.97. The van der Waals surface area contributed by atoms with E-state index in [1.165, 1.54) is 7.11 Å². The van der Waals surface area contributed by atoms with Gasteiger partial charge in [-0.15, -0.1) is 0 Å². The van der Waals surface area contributed by atoms with Gasteiger partial charge >= 0.3 is 5.97 Å². The molecule has 1 aromatic carbocycles. The SMILES string of the molecule is COC(=O)[C@H]1[C@H]2C(=O)N3c4ccccc4[C@@H](N4CCCC4=O)C[C@H]3[C@]23C=C[C@@]1(C)O3. The minimum absolute atomic E-state index is 0.0953. The third-order valence-electron chi connectivity index (χ3n) is 7.79. The predicted molar refractivity (Wildman–Crippen MR) is 106 cm³/mol. The van der Waals surface area contributed by atoms with E-state index in [2.05, 4.69) is 0 Å². The second-order valence-electron chi connectivity index (χ2n) is 9.18. The van der Waals surface area contributed by atoms with Crippen molar-refractivity contribution < 1.29 is 23.9 Å². The molecule has 3 fully saturated rings. The zero-order valence-corrected chi connectivity index (χ0v) is 17.0. The number of carbonyl (C=O) groups is 3. The standard InChI is InChI=1S/C23H24N2O5/c1-22-9-10-23(30-22)16-12-15(24-11-5-8-17(24)26)13-6-3-4-7-14(13)25(16)20(27)18(23)19(22)21(28)29-2/h3-4,6-7,9-10,15-16,18-19H,5,8,11-12H2,1-2H3/t15-,16-,18-,19+,22+,23+/m0/s1. The molecular formula is C23H24N2O5. The summed E-state index contributed by atoms with van der Waals surface area (Å²) in [6, 6.07) is 7.45. The fraction of sp³-hybridized carbons (Fsp3) is 0.522. The molecule has 1 aromatic rings. The van der Waals surface area contributed by atoms with E-state index < -0.39 is 29.0 Å². The van der Waals surface area contributed by atoms with E-state index in [-0.39, 0.29) is 23.9 Å². The molecule has 3 saturated heterocycles. The van der Waals surface area contributed by atoms with Gasteiger partial charge in [0.15, 0.2) is 0 Å². The molecule has 1 spiro atoms. The molecule has 5 aliphatic heterocycles. The van der Waals surface area contributed by atoms with Crippen LogP contribution >= 0.6 is 0 Å². The Bertz CT molecular complexity index is 1020. The third kappa shape index (κ3) is 1.97. The van der Waals surface area contributed by atoms with Crippen LogP contribution in [0.1, 0.15) is 37.8 Å². The van der Waals surface area contributed by atoms with Gasteiger partial charge in [0.2, 0.25) is 11.8 Å². The zero-order valence-electron chi connectivity index (χ0n) is 17.0. The van der Waals surface area contributed by atoms with Crippen molar-refractivity contribution in [3.63, 3.8) is 0 Å². The molecule has 0 radical (unpaired) electrons. The minimum atomic E-state index is -0.876. The van der Waals surface area contributed by atoms with Gasteiger partial charge in [-0.2, -0.15) is 0 Å². The van der Waals surface area contributed by atoms with Crippen molar-refractivity contribution in [2.24, 2.45) is 11.8 Å². The van der Waals surface area contributed by atoms with E-state index in [0.29, 0.717) is 12.8 Å². The van der Waals surface area contributed by atoms with Gasteiger partial charge in [0, 0.05) is 18.7 Å². The van der Waals surface area contributed by atoms with Crippen molar-refractivity contribution in [1.82, 2.24) is 4.90 Å². The number of nitrogens with zero attached hydrogens (tertiary/aromatic N) is 2. The van der Waals surface area contributed by atoms with Gasteiger partial charge in [-0.1, -0.05) is 30.4 Å². The Morgan fingerprint density at radius 3 is 2.77 bits per heavy atom. The van der Waals surface area contributed by atoms with Crippen LogP contribution in [0.2, 0.25) is 0 Å². The molecule has 7 nitrogen and oxygen atoms in total. The molecule has 2 bridgehead atoms. The number of methoxy groups -OCH3 is 1. The Morgan fingerprint density at radius 1 is 1.23 bits per heavy atom. The maximum absolute atomic E-state index is 13.8. The maximum atomic E-state index is 13.8. The zero-order chi connectivity index (χ0) is 20.8. The first-order valence-corrected chi connectivity index (χ1v) is 10.6. The van der Waals surface area contributed by atoms with Crippen molar-refractivity contribution in [2.45, 2.75) is 49.5 Å². The molecule has 0 saturated carbocycles. The molecule has 7 heteroatoms. The average Bonchev–Trinajstić information content (AvgIpc) is 3.45. The Kier molecular flexibility index (Phi) is 3.46. The molecule has 0 aliphatic carbocycles. The van der Waals surface area contributed by atoms with E-state index in [1.54, 1.807) is 0 Å². The van der Waals surface area contributed by atoms with Gasteiger partial charge in [-0.05, 0) is 31.4 Å². The van der Waals surface area contributed by atoms with Crippen LogP contribution in [-0.4, -0.2) is 53.6 Å². The summed E-state index contributed by atoms with van der Waals surface area (Å²) in [5.41, 5.74) is 0.0869. The van der Waals surface area contributed by atoms with E-state index in [4.69, 9.17) is 9.47 Å². The van der Waals surface area contributed by atoms with Crippen LogP contribution < -0.4 is 4.90 Å². The van der Waals surface area contributed by atoms with Crippen LogP contribution in [-0.2, 0) is 23.9 Å². The second-order valence-corrected chi connectivity index (χ2v) is 9.18. The van der Waals surface area contributed by atoms with Crippen molar-refractivity contribution in [1.29, 1.82) is 0 Å². The highest BCUT2D eigenvalue weighted by Gasteiger charge is 2.76. The Morgan fingerprint density at radius 2 is 2.03 bits per heavy atom. The van der Waals surface area contributed by atoms with Crippen LogP contribution in [0.3, 0.4) is 0 Å². The highest BCUT2D eigenvalue weighted by Crippen LogP contribution is 2.63. The molecular weight excluding hydrogens is 384 g/mol. The minimum Gasteiger partial charge on any atom is -0.469 e. The number of anilines is 1. The number of rotatable bonds is 2. The van der Waals surface area contributed by atoms with E-state index in [0.717, 1.165) is 24.2 Å². The number of ether oxygens (including phenoxy) is 2. The Hall–Kier alpha value is -2.67. The molecule has 156 valence electrons. The van der Waals surface area contributed by atoms with Crippen molar-refractivity contribution >= 4 is 23.5 Å². The molecule has 5 heterocycles. The van der Waals surface area contributed by atoms with Crippen LogP contribution in [0, 0.1) is 11.8 Å². The van der Waals surface area contributed by atoms with Crippen LogP contribution in [0.15, 0.2) is 36.4 Å². The number of carbonyl (C=O) groups excluding carboxylic acids is 3. The fourth-order valence-corrected chi connectivity index (χ4v) is 6.59. The summed E-state index contributed by atoms with van der Waals surface area (Å²) < 4.78 is 11.6. The van der Waals surface area contributed by atoms with E-state index in [9.17, 15) is 14.4 Å². The molecule has 2 amide bonds. The number of hydrogen-bond donors (Lipinski definition) is 0. The first-order chi connectivity index (χ1) is 14.4. The number of para-hydroxylation sites is 1. The van der Waals surface area contributed by atoms with Gasteiger partial charge in [-0.3, -0.25) is 14.4 Å². The highest BCUT2D eigenvalue weighted by molar-refractivity contribution is 6.05. The first kappa shape index (κ1) is 18.1. The molecule has 5 aliphatic rings. The lowest BCUT2D eigenvalue weighted by atomic mass is 9.69. The van der Waals surface area contributed by atoms with E-state index in [1.807, 2.05) is 53.1 Å². The van der Waals surface area contributed by atoms with Gasteiger partial charge in [-0.25, -0.2) is 0 Å². The monoisotopic (exact) mass is 408 g/mol. The number of fused-ring (bicyclic) bond motifs is 4. The van der Waals surface area contributed by atoms with Gasteiger partial charge in [0.25, 0.3) is 0 Å². The smallest absolute Gasteiger partial charge is 0.312 e. The Balaban J connectivity index is 1.50. The fourth-order valence-electron chi connectivity index (χ4n) is 6.59. The molecule has 30 heavy (non-hydrogen) atoms. The largest absolute Gasteiger partial charge is 0.469 e.